The molecule has 15 heavy (non-hydrogen) atoms. The zero-order chi connectivity index (χ0) is 11.1. The molecular weight excluding hydrogens is 190 g/mol. The highest BCUT2D eigenvalue weighted by atomic mass is 16.5. The van der Waals surface area contributed by atoms with Crippen molar-refractivity contribution in [2.45, 2.75) is 6.42 Å². The van der Waals surface area contributed by atoms with Gasteiger partial charge in [-0.1, -0.05) is 18.1 Å². The second kappa shape index (κ2) is 5.71. The lowest BCUT2D eigenvalue weighted by Gasteiger charge is -2.04. The van der Waals surface area contributed by atoms with Crippen LogP contribution in [0.4, 0.5) is 0 Å². The van der Waals surface area contributed by atoms with Crippen LogP contribution in [0.25, 0.3) is 0 Å². The summed E-state index contributed by atoms with van der Waals surface area (Å²) < 4.78 is 5.05. The molecule has 0 aromatic heterocycles. The normalized spacial score (nSPS) is 9.07. The number of terminal acetylenes is 1. The molecule has 0 spiro atoms. The number of hydrogen-bond donors (Lipinski definition) is 1. The molecule has 1 aromatic carbocycles. The van der Waals surface area contributed by atoms with Gasteiger partial charge < -0.3 is 10.1 Å². The van der Waals surface area contributed by atoms with Gasteiger partial charge in [0.1, 0.15) is 5.75 Å². The Hall–Kier alpha value is -1.95. The van der Waals surface area contributed by atoms with E-state index in [9.17, 15) is 4.79 Å². The third-order valence-electron chi connectivity index (χ3n) is 1.89. The third kappa shape index (κ3) is 3.74. The molecule has 0 aliphatic carbocycles. The molecule has 1 aromatic rings. The van der Waals surface area contributed by atoms with Crippen LogP contribution < -0.4 is 10.1 Å². The van der Waals surface area contributed by atoms with E-state index in [-0.39, 0.29) is 12.5 Å². The molecule has 0 bridgehead atoms. The molecule has 3 heteroatoms. The maximum absolute atomic E-state index is 11.3. The molecule has 1 rings (SSSR count). The Bertz CT molecular complexity index is 379. The Balaban J connectivity index is 2.57. The number of ether oxygens (including phenoxy) is 1. The zero-order valence-corrected chi connectivity index (χ0v) is 8.62. The van der Waals surface area contributed by atoms with Crippen molar-refractivity contribution in [1.29, 1.82) is 0 Å². The molecule has 0 saturated heterocycles. The largest absolute Gasteiger partial charge is 0.497 e. The average Bonchev–Trinajstić information content (AvgIpc) is 2.26. The maximum Gasteiger partial charge on any atom is 0.225 e. The molecule has 0 unspecified atom stereocenters. The van der Waals surface area contributed by atoms with Crippen LogP contribution in [0, 0.1) is 12.3 Å². The molecule has 0 saturated carbocycles. The molecule has 78 valence electrons. The predicted octanol–water partition coefficient (Wildman–Crippen LogP) is 0.987. The molecule has 0 aliphatic rings. The minimum absolute atomic E-state index is 0.0822. The molecule has 1 amide bonds. The van der Waals surface area contributed by atoms with Gasteiger partial charge in [-0.05, 0) is 17.7 Å². The summed E-state index contributed by atoms with van der Waals surface area (Å²) in [6.07, 6.45) is 5.35. The van der Waals surface area contributed by atoms with Crippen LogP contribution in [0.2, 0.25) is 0 Å². The van der Waals surface area contributed by atoms with E-state index in [4.69, 9.17) is 11.2 Å². The lowest BCUT2D eigenvalue weighted by Crippen LogP contribution is -2.25. The first-order chi connectivity index (χ1) is 7.26. The van der Waals surface area contributed by atoms with Crippen LogP contribution in [0.5, 0.6) is 5.75 Å². The Kier molecular flexibility index (Phi) is 4.24. The third-order valence-corrected chi connectivity index (χ3v) is 1.89. The average molecular weight is 203 g/mol. The first kappa shape index (κ1) is 11.1. The van der Waals surface area contributed by atoms with E-state index in [1.165, 1.54) is 0 Å². The number of hydrogen-bond acceptors (Lipinski definition) is 2. The first-order valence-corrected chi connectivity index (χ1v) is 4.59. The van der Waals surface area contributed by atoms with Crippen molar-refractivity contribution in [3.8, 4) is 18.1 Å². The molecule has 3 nitrogen and oxygen atoms in total. The van der Waals surface area contributed by atoms with Crippen molar-refractivity contribution in [1.82, 2.24) is 5.32 Å². The SMILES string of the molecule is C#CCNC(=O)Cc1cccc(OC)c1. The summed E-state index contributed by atoms with van der Waals surface area (Å²) in [5.41, 5.74) is 0.906. The fraction of sp³-hybridized carbons (Fsp3) is 0.250. The molecule has 0 radical (unpaired) electrons. The van der Waals surface area contributed by atoms with Gasteiger partial charge in [-0.25, -0.2) is 0 Å². The molecule has 0 aliphatic heterocycles. The van der Waals surface area contributed by atoms with Crippen LogP contribution in [0.1, 0.15) is 5.56 Å². The number of carbonyl (C=O) groups excluding carboxylic acids is 1. The van der Waals surface area contributed by atoms with Gasteiger partial charge in [0.15, 0.2) is 0 Å². The van der Waals surface area contributed by atoms with E-state index in [2.05, 4.69) is 11.2 Å². The van der Waals surface area contributed by atoms with Crippen LogP contribution in [0.15, 0.2) is 24.3 Å². The van der Waals surface area contributed by atoms with Gasteiger partial charge in [-0.2, -0.15) is 0 Å². The Morgan fingerprint density at radius 1 is 1.60 bits per heavy atom. The lowest BCUT2D eigenvalue weighted by molar-refractivity contribution is -0.120. The van der Waals surface area contributed by atoms with Gasteiger partial charge in [0.2, 0.25) is 5.91 Å². The number of amides is 1. The van der Waals surface area contributed by atoms with Gasteiger partial charge >= 0.3 is 0 Å². The van der Waals surface area contributed by atoms with E-state index in [0.29, 0.717) is 6.42 Å². The van der Waals surface area contributed by atoms with Crippen LogP contribution in [-0.2, 0) is 11.2 Å². The smallest absolute Gasteiger partial charge is 0.225 e. The topological polar surface area (TPSA) is 38.3 Å². The van der Waals surface area contributed by atoms with Gasteiger partial charge in [0, 0.05) is 0 Å². The summed E-state index contributed by atoms with van der Waals surface area (Å²) in [5, 5.41) is 2.60. The molecule has 0 atom stereocenters. The summed E-state index contributed by atoms with van der Waals surface area (Å²) in [7, 11) is 1.59. The van der Waals surface area contributed by atoms with Gasteiger partial charge in [-0.15, -0.1) is 6.42 Å². The second-order valence-corrected chi connectivity index (χ2v) is 3.01. The van der Waals surface area contributed by atoms with Crippen molar-refractivity contribution in [3.05, 3.63) is 29.8 Å². The standard InChI is InChI=1S/C12H13NO2/c1-3-7-13-12(14)9-10-5-4-6-11(8-10)15-2/h1,4-6,8H,7,9H2,2H3,(H,13,14). The van der Waals surface area contributed by atoms with Crippen molar-refractivity contribution in [2.75, 3.05) is 13.7 Å². The minimum atomic E-state index is -0.0822. The van der Waals surface area contributed by atoms with Crippen LogP contribution >= 0.6 is 0 Å². The van der Waals surface area contributed by atoms with E-state index in [0.717, 1.165) is 11.3 Å². The van der Waals surface area contributed by atoms with E-state index < -0.39 is 0 Å². The summed E-state index contributed by atoms with van der Waals surface area (Å²) in [4.78, 5) is 11.3. The predicted molar refractivity (Wildman–Crippen MR) is 58.5 cm³/mol. The zero-order valence-electron chi connectivity index (χ0n) is 8.62. The van der Waals surface area contributed by atoms with Gasteiger partial charge in [-0.3, -0.25) is 4.79 Å². The number of carbonyl (C=O) groups is 1. The van der Waals surface area contributed by atoms with Gasteiger partial charge in [0.05, 0.1) is 20.1 Å². The van der Waals surface area contributed by atoms with Crippen LogP contribution in [-0.4, -0.2) is 19.6 Å². The molecule has 0 fully saturated rings. The van der Waals surface area contributed by atoms with E-state index >= 15 is 0 Å². The minimum Gasteiger partial charge on any atom is -0.497 e. The van der Waals surface area contributed by atoms with Crippen molar-refractivity contribution < 1.29 is 9.53 Å². The highest BCUT2D eigenvalue weighted by molar-refractivity contribution is 5.78. The van der Waals surface area contributed by atoms with Crippen molar-refractivity contribution in [3.63, 3.8) is 0 Å². The fourth-order valence-corrected chi connectivity index (χ4v) is 1.18. The summed E-state index contributed by atoms with van der Waals surface area (Å²) >= 11 is 0. The maximum atomic E-state index is 11.3. The second-order valence-electron chi connectivity index (χ2n) is 3.01. The molecular formula is C12H13NO2. The first-order valence-electron chi connectivity index (χ1n) is 4.59. The quantitative estimate of drug-likeness (QED) is 0.741. The highest BCUT2D eigenvalue weighted by Gasteiger charge is 2.02. The number of benzene rings is 1. The fourth-order valence-electron chi connectivity index (χ4n) is 1.18. The Morgan fingerprint density at radius 3 is 3.07 bits per heavy atom. The number of nitrogens with one attached hydrogen (secondary N) is 1. The number of methoxy groups -OCH3 is 1. The molecule has 0 heterocycles. The van der Waals surface area contributed by atoms with Crippen molar-refractivity contribution in [2.24, 2.45) is 0 Å². The van der Waals surface area contributed by atoms with E-state index in [1.807, 2.05) is 24.3 Å². The van der Waals surface area contributed by atoms with Gasteiger partial charge in [0.25, 0.3) is 0 Å². The summed E-state index contributed by atoms with van der Waals surface area (Å²) in [6, 6.07) is 7.39. The lowest BCUT2D eigenvalue weighted by atomic mass is 10.1. The summed E-state index contributed by atoms with van der Waals surface area (Å²) in [6.45, 7) is 0.267. The summed E-state index contributed by atoms with van der Waals surface area (Å²) in [5.74, 6) is 3.02. The monoisotopic (exact) mass is 203 g/mol. The highest BCUT2D eigenvalue weighted by Crippen LogP contribution is 2.12. The Morgan fingerprint density at radius 2 is 2.40 bits per heavy atom. The van der Waals surface area contributed by atoms with E-state index in [1.54, 1.807) is 7.11 Å². The molecule has 1 N–H and O–H groups in total. The van der Waals surface area contributed by atoms with Crippen molar-refractivity contribution >= 4 is 5.91 Å². The van der Waals surface area contributed by atoms with Crippen LogP contribution in [0.3, 0.4) is 0 Å². The number of rotatable bonds is 4. The Labute approximate surface area is 89.4 Å².